The number of ether oxygens (including phenoxy) is 2. The summed E-state index contributed by atoms with van der Waals surface area (Å²) in [5.74, 6) is 1.89. The van der Waals surface area contributed by atoms with Crippen molar-refractivity contribution < 1.29 is 14.3 Å². The number of rotatable bonds is 5. The molecule has 1 heterocycles. The number of hydrogen-bond donors (Lipinski definition) is 1. The van der Waals surface area contributed by atoms with Crippen molar-refractivity contribution in [1.29, 1.82) is 0 Å². The summed E-state index contributed by atoms with van der Waals surface area (Å²) in [6.45, 7) is 0.734. The van der Waals surface area contributed by atoms with E-state index in [0.717, 1.165) is 35.5 Å². The molecule has 1 aliphatic carbocycles. The van der Waals surface area contributed by atoms with Crippen molar-refractivity contribution in [3.63, 3.8) is 0 Å². The molecular weight excluding hydrogens is 326 g/mol. The van der Waals surface area contributed by atoms with E-state index in [1.165, 1.54) is 0 Å². The molecule has 4 nitrogen and oxygen atoms in total. The van der Waals surface area contributed by atoms with E-state index in [-0.39, 0.29) is 18.6 Å². The van der Waals surface area contributed by atoms with Gasteiger partial charge in [0.25, 0.3) is 0 Å². The quantitative estimate of drug-likeness (QED) is 0.896. The minimum absolute atomic E-state index is 0.0671. The molecule has 0 radical (unpaired) electrons. The zero-order valence-corrected chi connectivity index (χ0v) is 13.9. The zero-order valence-electron chi connectivity index (χ0n) is 13.1. The lowest BCUT2D eigenvalue weighted by Gasteiger charge is -2.17. The van der Waals surface area contributed by atoms with Crippen molar-refractivity contribution in [3.05, 3.63) is 58.6 Å². The summed E-state index contributed by atoms with van der Waals surface area (Å²) >= 11 is 5.96. The van der Waals surface area contributed by atoms with E-state index in [1.54, 1.807) is 0 Å². The number of fused-ring (bicyclic) bond motifs is 1. The molecule has 2 aromatic rings. The van der Waals surface area contributed by atoms with Gasteiger partial charge in [0.15, 0.2) is 11.5 Å². The Morgan fingerprint density at radius 2 is 1.88 bits per heavy atom. The molecule has 5 heteroatoms. The van der Waals surface area contributed by atoms with Crippen molar-refractivity contribution in [2.45, 2.75) is 25.3 Å². The van der Waals surface area contributed by atoms with E-state index >= 15 is 0 Å². The van der Waals surface area contributed by atoms with Crippen LogP contribution in [0.3, 0.4) is 0 Å². The van der Waals surface area contributed by atoms with Gasteiger partial charge in [-0.15, -0.1) is 0 Å². The first-order valence-electron chi connectivity index (χ1n) is 8.12. The van der Waals surface area contributed by atoms with Crippen LogP contribution in [0.1, 0.15) is 29.9 Å². The SMILES string of the molecule is O=C(NCc1ccc2c(c1)OCO2)C(c1ccc(Cl)cc1)C1CC1. The second-order valence-corrected chi connectivity index (χ2v) is 6.71. The molecule has 0 aromatic heterocycles. The molecule has 1 unspecified atom stereocenters. The Balaban J connectivity index is 1.45. The minimum Gasteiger partial charge on any atom is -0.454 e. The Labute approximate surface area is 145 Å². The lowest BCUT2D eigenvalue weighted by molar-refractivity contribution is -0.123. The molecule has 1 amide bonds. The van der Waals surface area contributed by atoms with Crippen LogP contribution in [0.5, 0.6) is 11.5 Å². The van der Waals surface area contributed by atoms with Crippen molar-refractivity contribution >= 4 is 17.5 Å². The Bertz CT molecular complexity index is 756. The Morgan fingerprint density at radius 3 is 2.62 bits per heavy atom. The molecule has 24 heavy (non-hydrogen) atoms. The van der Waals surface area contributed by atoms with E-state index in [9.17, 15) is 4.79 Å². The van der Waals surface area contributed by atoms with Crippen LogP contribution in [-0.2, 0) is 11.3 Å². The van der Waals surface area contributed by atoms with Crippen LogP contribution in [0, 0.1) is 5.92 Å². The number of carbonyl (C=O) groups excluding carboxylic acids is 1. The van der Waals surface area contributed by atoms with Crippen LogP contribution in [0.25, 0.3) is 0 Å². The van der Waals surface area contributed by atoms with Gasteiger partial charge in [-0.1, -0.05) is 29.8 Å². The number of nitrogens with one attached hydrogen (secondary N) is 1. The second-order valence-electron chi connectivity index (χ2n) is 6.27. The molecule has 0 saturated heterocycles. The van der Waals surface area contributed by atoms with Crippen LogP contribution >= 0.6 is 11.6 Å². The fourth-order valence-corrected chi connectivity index (χ4v) is 3.21. The van der Waals surface area contributed by atoms with Gasteiger partial charge >= 0.3 is 0 Å². The summed E-state index contributed by atoms with van der Waals surface area (Å²) in [6.07, 6.45) is 2.20. The highest BCUT2D eigenvalue weighted by molar-refractivity contribution is 6.30. The first-order chi connectivity index (χ1) is 11.7. The molecule has 0 spiro atoms. The third-order valence-electron chi connectivity index (χ3n) is 4.51. The number of hydrogen-bond acceptors (Lipinski definition) is 3. The molecule has 1 saturated carbocycles. The third-order valence-corrected chi connectivity index (χ3v) is 4.76. The summed E-state index contributed by atoms with van der Waals surface area (Å²) in [7, 11) is 0. The van der Waals surface area contributed by atoms with Crippen molar-refractivity contribution in [3.8, 4) is 11.5 Å². The standard InChI is InChI=1S/C19H18ClNO3/c20-15-6-4-14(5-7-15)18(13-2-3-13)19(22)21-10-12-1-8-16-17(9-12)24-11-23-16/h1,4-9,13,18H,2-3,10-11H2,(H,21,22). The lowest BCUT2D eigenvalue weighted by atomic mass is 9.93. The van der Waals surface area contributed by atoms with Gasteiger partial charge in [-0.2, -0.15) is 0 Å². The lowest BCUT2D eigenvalue weighted by Crippen LogP contribution is -2.30. The highest BCUT2D eigenvalue weighted by Crippen LogP contribution is 2.43. The number of carbonyl (C=O) groups is 1. The maximum absolute atomic E-state index is 12.7. The average molecular weight is 344 g/mol. The average Bonchev–Trinajstić information content (AvgIpc) is 3.31. The molecule has 124 valence electrons. The topological polar surface area (TPSA) is 47.6 Å². The van der Waals surface area contributed by atoms with Crippen LogP contribution < -0.4 is 14.8 Å². The summed E-state index contributed by atoms with van der Waals surface area (Å²) in [5.41, 5.74) is 2.03. The maximum Gasteiger partial charge on any atom is 0.231 e. The van der Waals surface area contributed by atoms with Crippen LogP contribution in [0.15, 0.2) is 42.5 Å². The Hall–Kier alpha value is -2.20. The maximum atomic E-state index is 12.7. The molecule has 1 aliphatic heterocycles. The van der Waals surface area contributed by atoms with Gasteiger partial charge in [-0.25, -0.2) is 0 Å². The van der Waals surface area contributed by atoms with Gasteiger partial charge < -0.3 is 14.8 Å². The number of benzene rings is 2. The Morgan fingerprint density at radius 1 is 1.12 bits per heavy atom. The minimum atomic E-state index is -0.101. The Kier molecular flexibility index (Phi) is 4.07. The molecule has 4 rings (SSSR count). The molecule has 0 bridgehead atoms. The fourth-order valence-electron chi connectivity index (χ4n) is 3.09. The highest BCUT2D eigenvalue weighted by atomic mass is 35.5. The molecule has 2 aliphatic rings. The third kappa shape index (κ3) is 3.20. The number of amides is 1. The van der Waals surface area contributed by atoms with E-state index in [1.807, 2.05) is 42.5 Å². The van der Waals surface area contributed by atoms with E-state index < -0.39 is 0 Å². The van der Waals surface area contributed by atoms with Crippen molar-refractivity contribution in [2.75, 3.05) is 6.79 Å². The van der Waals surface area contributed by atoms with E-state index in [0.29, 0.717) is 17.5 Å². The smallest absolute Gasteiger partial charge is 0.231 e. The predicted octanol–water partition coefficient (Wildman–Crippen LogP) is 3.88. The molecule has 1 N–H and O–H groups in total. The van der Waals surface area contributed by atoms with Crippen LogP contribution in [0.4, 0.5) is 0 Å². The number of halogens is 1. The normalized spacial score (nSPS) is 16.7. The van der Waals surface area contributed by atoms with Crippen LogP contribution in [-0.4, -0.2) is 12.7 Å². The van der Waals surface area contributed by atoms with Gasteiger partial charge in [-0.3, -0.25) is 4.79 Å². The fraction of sp³-hybridized carbons (Fsp3) is 0.316. The van der Waals surface area contributed by atoms with Crippen LogP contribution in [0.2, 0.25) is 5.02 Å². The largest absolute Gasteiger partial charge is 0.454 e. The summed E-state index contributed by atoms with van der Waals surface area (Å²) < 4.78 is 10.7. The molecule has 1 atom stereocenters. The van der Waals surface area contributed by atoms with Gasteiger partial charge in [0.2, 0.25) is 12.7 Å². The van der Waals surface area contributed by atoms with Gasteiger partial charge in [0.05, 0.1) is 5.92 Å². The molecule has 1 fully saturated rings. The van der Waals surface area contributed by atoms with Crippen molar-refractivity contribution in [2.24, 2.45) is 5.92 Å². The summed E-state index contributed by atoms with van der Waals surface area (Å²) in [6, 6.07) is 13.3. The van der Waals surface area contributed by atoms with E-state index in [2.05, 4.69) is 5.32 Å². The zero-order chi connectivity index (χ0) is 16.5. The summed E-state index contributed by atoms with van der Waals surface area (Å²) in [4.78, 5) is 12.7. The predicted molar refractivity (Wildman–Crippen MR) is 91.3 cm³/mol. The van der Waals surface area contributed by atoms with Gasteiger partial charge in [-0.05, 0) is 54.2 Å². The van der Waals surface area contributed by atoms with E-state index in [4.69, 9.17) is 21.1 Å². The first kappa shape index (κ1) is 15.3. The van der Waals surface area contributed by atoms with Crippen molar-refractivity contribution in [1.82, 2.24) is 5.32 Å². The molecular formula is C19H18ClNO3. The first-order valence-corrected chi connectivity index (χ1v) is 8.50. The van der Waals surface area contributed by atoms with Gasteiger partial charge in [0, 0.05) is 11.6 Å². The molecule has 2 aromatic carbocycles. The second kappa shape index (κ2) is 6.36. The van der Waals surface area contributed by atoms with Gasteiger partial charge in [0.1, 0.15) is 0 Å². The monoisotopic (exact) mass is 343 g/mol. The summed E-state index contributed by atoms with van der Waals surface area (Å²) in [5, 5.41) is 3.75. The highest BCUT2D eigenvalue weighted by Gasteiger charge is 2.37.